The van der Waals surface area contributed by atoms with Crippen LogP contribution in [0.15, 0.2) is 27.6 Å². The van der Waals surface area contributed by atoms with Gasteiger partial charge in [0, 0.05) is 9.37 Å². The topological polar surface area (TPSA) is 0 Å². The van der Waals surface area contributed by atoms with Gasteiger partial charge in [0.1, 0.15) is 0 Å². The predicted octanol–water partition coefficient (Wildman–Crippen LogP) is 4.26. The highest BCUT2D eigenvalue weighted by atomic mass is 79.9. The van der Waals surface area contributed by atoms with E-state index >= 15 is 0 Å². The van der Waals surface area contributed by atoms with Gasteiger partial charge in [0.05, 0.1) is 0 Å². The van der Waals surface area contributed by atoms with Gasteiger partial charge in [-0.3, -0.25) is 0 Å². The maximum absolute atomic E-state index is 3.54. The van der Waals surface area contributed by atoms with Crippen LogP contribution in [0.2, 0.25) is 0 Å². The number of hydrogen-bond acceptors (Lipinski definition) is 1. The molecule has 0 aliphatic heterocycles. The Labute approximate surface area is 86.9 Å². The summed E-state index contributed by atoms with van der Waals surface area (Å²) in [5.74, 6) is 1.20. The van der Waals surface area contributed by atoms with Crippen LogP contribution in [0.25, 0.3) is 0 Å². The summed E-state index contributed by atoms with van der Waals surface area (Å²) >= 11 is 5.45. The zero-order valence-electron chi connectivity index (χ0n) is 7.43. The minimum absolute atomic E-state index is 1.20. The number of rotatable bonds is 3. The zero-order valence-corrected chi connectivity index (χ0v) is 9.83. The fraction of sp³-hybridized carbons (Fsp3) is 0.400. The molecule has 0 unspecified atom stereocenters. The molecule has 1 aromatic rings. The fourth-order valence-electron chi connectivity index (χ4n) is 0.933. The third kappa shape index (κ3) is 2.83. The lowest BCUT2D eigenvalue weighted by Gasteiger charge is -2.03. The molecule has 1 rings (SSSR count). The maximum atomic E-state index is 3.54. The molecule has 0 aromatic heterocycles. The Morgan fingerprint density at radius 3 is 2.83 bits per heavy atom. The van der Waals surface area contributed by atoms with Crippen molar-refractivity contribution in [2.45, 2.75) is 25.2 Å². The molecule has 0 saturated heterocycles. The molecule has 0 fully saturated rings. The van der Waals surface area contributed by atoms with Gasteiger partial charge in [-0.1, -0.05) is 13.0 Å². The van der Waals surface area contributed by atoms with E-state index in [4.69, 9.17) is 0 Å². The van der Waals surface area contributed by atoms with Crippen molar-refractivity contribution in [2.24, 2.45) is 0 Å². The molecule has 0 radical (unpaired) electrons. The molecule has 0 aliphatic rings. The standard InChI is InChI=1S/C10H13BrS/c1-3-6-12-10-7-8(2)4-5-9(10)11/h4-5,7H,3,6H2,1-2H3. The Hall–Kier alpha value is 0.0500. The molecule has 0 aliphatic carbocycles. The van der Waals surface area contributed by atoms with Crippen LogP contribution in [0.3, 0.4) is 0 Å². The predicted molar refractivity (Wildman–Crippen MR) is 59.9 cm³/mol. The van der Waals surface area contributed by atoms with Gasteiger partial charge in [-0.05, 0) is 52.7 Å². The van der Waals surface area contributed by atoms with Gasteiger partial charge < -0.3 is 0 Å². The van der Waals surface area contributed by atoms with Crippen molar-refractivity contribution in [1.29, 1.82) is 0 Å². The molecule has 0 saturated carbocycles. The van der Waals surface area contributed by atoms with Crippen molar-refractivity contribution in [3.8, 4) is 0 Å². The third-order valence-corrected chi connectivity index (χ3v) is 3.76. The first-order valence-corrected chi connectivity index (χ1v) is 5.91. The highest BCUT2D eigenvalue weighted by Crippen LogP contribution is 2.28. The maximum Gasteiger partial charge on any atom is 0.0311 e. The second-order valence-electron chi connectivity index (χ2n) is 2.78. The summed E-state index contributed by atoms with van der Waals surface area (Å²) in [6.45, 7) is 4.33. The molecule has 2 heteroatoms. The van der Waals surface area contributed by atoms with Gasteiger partial charge >= 0.3 is 0 Å². The molecule has 0 heterocycles. The number of benzene rings is 1. The summed E-state index contributed by atoms with van der Waals surface area (Å²) in [5, 5.41) is 0. The van der Waals surface area contributed by atoms with E-state index in [1.165, 1.54) is 27.1 Å². The first kappa shape index (κ1) is 10.1. The lowest BCUT2D eigenvalue weighted by atomic mass is 10.2. The van der Waals surface area contributed by atoms with Crippen LogP contribution in [0.5, 0.6) is 0 Å². The molecule has 12 heavy (non-hydrogen) atoms. The van der Waals surface area contributed by atoms with E-state index in [2.05, 4.69) is 48.0 Å². The van der Waals surface area contributed by atoms with Crippen molar-refractivity contribution in [1.82, 2.24) is 0 Å². The Morgan fingerprint density at radius 1 is 1.42 bits per heavy atom. The summed E-state index contributed by atoms with van der Waals surface area (Å²) < 4.78 is 1.21. The average molecular weight is 245 g/mol. The first-order chi connectivity index (χ1) is 5.74. The van der Waals surface area contributed by atoms with Crippen molar-refractivity contribution >= 4 is 27.7 Å². The minimum Gasteiger partial charge on any atom is -0.125 e. The normalized spacial score (nSPS) is 10.2. The van der Waals surface area contributed by atoms with Crippen LogP contribution in [-0.4, -0.2) is 5.75 Å². The second kappa shape index (κ2) is 4.93. The van der Waals surface area contributed by atoms with Crippen LogP contribution >= 0.6 is 27.7 Å². The molecule has 0 bridgehead atoms. The molecule has 1 aromatic carbocycles. The summed E-state index contributed by atoms with van der Waals surface area (Å²) in [6.07, 6.45) is 1.23. The second-order valence-corrected chi connectivity index (χ2v) is 4.77. The minimum atomic E-state index is 1.20. The summed E-state index contributed by atoms with van der Waals surface area (Å²) in [7, 11) is 0. The van der Waals surface area contributed by atoms with E-state index in [9.17, 15) is 0 Å². The number of hydrogen-bond donors (Lipinski definition) is 0. The SMILES string of the molecule is CCCSc1cc(C)ccc1Br. The highest BCUT2D eigenvalue weighted by molar-refractivity contribution is 9.10. The summed E-state index contributed by atoms with van der Waals surface area (Å²) in [4.78, 5) is 1.36. The van der Waals surface area contributed by atoms with E-state index in [-0.39, 0.29) is 0 Å². The van der Waals surface area contributed by atoms with Crippen molar-refractivity contribution < 1.29 is 0 Å². The fourth-order valence-corrected chi connectivity index (χ4v) is 2.42. The molecule has 0 atom stereocenters. The number of aryl methyl sites for hydroxylation is 1. The smallest absolute Gasteiger partial charge is 0.0311 e. The van der Waals surface area contributed by atoms with Crippen LogP contribution < -0.4 is 0 Å². The van der Waals surface area contributed by atoms with E-state index in [0.29, 0.717) is 0 Å². The Balaban J connectivity index is 2.75. The summed E-state index contributed by atoms with van der Waals surface area (Å²) in [6, 6.07) is 6.47. The largest absolute Gasteiger partial charge is 0.125 e. The van der Waals surface area contributed by atoms with E-state index in [1.807, 2.05) is 11.8 Å². The number of halogens is 1. The van der Waals surface area contributed by atoms with Crippen LogP contribution in [0.4, 0.5) is 0 Å². The van der Waals surface area contributed by atoms with Gasteiger partial charge in [0.2, 0.25) is 0 Å². The van der Waals surface area contributed by atoms with E-state index < -0.39 is 0 Å². The Morgan fingerprint density at radius 2 is 2.17 bits per heavy atom. The van der Waals surface area contributed by atoms with E-state index in [0.717, 1.165) is 0 Å². The van der Waals surface area contributed by atoms with Crippen LogP contribution in [0.1, 0.15) is 18.9 Å². The molecule has 0 N–H and O–H groups in total. The first-order valence-electron chi connectivity index (χ1n) is 4.13. The zero-order chi connectivity index (χ0) is 8.97. The lowest BCUT2D eigenvalue weighted by Crippen LogP contribution is -1.80. The monoisotopic (exact) mass is 244 g/mol. The van der Waals surface area contributed by atoms with Gasteiger partial charge in [0.25, 0.3) is 0 Å². The average Bonchev–Trinajstić information content (AvgIpc) is 2.07. The van der Waals surface area contributed by atoms with Crippen LogP contribution in [-0.2, 0) is 0 Å². The van der Waals surface area contributed by atoms with Gasteiger partial charge in [-0.25, -0.2) is 0 Å². The highest BCUT2D eigenvalue weighted by Gasteiger charge is 1.99. The molecule has 66 valence electrons. The molecule has 0 nitrogen and oxygen atoms in total. The molecule has 0 amide bonds. The molecule has 0 spiro atoms. The van der Waals surface area contributed by atoms with Crippen LogP contribution in [0, 0.1) is 6.92 Å². The van der Waals surface area contributed by atoms with E-state index in [1.54, 1.807) is 0 Å². The Kier molecular flexibility index (Phi) is 4.16. The third-order valence-electron chi connectivity index (χ3n) is 1.55. The number of thioether (sulfide) groups is 1. The van der Waals surface area contributed by atoms with Crippen molar-refractivity contribution in [3.63, 3.8) is 0 Å². The molecular formula is C10H13BrS. The van der Waals surface area contributed by atoms with Gasteiger partial charge in [0.15, 0.2) is 0 Å². The van der Waals surface area contributed by atoms with Gasteiger partial charge in [-0.15, -0.1) is 11.8 Å². The molecular weight excluding hydrogens is 232 g/mol. The van der Waals surface area contributed by atoms with Gasteiger partial charge in [-0.2, -0.15) is 0 Å². The Bertz CT molecular complexity index is 258. The van der Waals surface area contributed by atoms with Crippen molar-refractivity contribution in [3.05, 3.63) is 28.2 Å². The summed E-state index contributed by atoms with van der Waals surface area (Å²) in [5.41, 5.74) is 1.33. The van der Waals surface area contributed by atoms with Crippen molar-refractivity contribution in [2.75, 3.05) is 5.75 Å². The quantitative estimate of drug-likeness (QED) is 0.717. The lowest BCUT2D eigenvalue weighted by molar-refractivity contribution is 1.10.